The van der Waals surface area contributed by atoms with Crippen molar-refractivity contribution < 1.29 is 4.79 Å². The topological polar surface area (TPSA) is 47.2 Å². The molecular formula is C16H16BrN3O. The predicted octanol–water partition coefficient (Wildman–Crippen LogP) is 4.05. The van der Waals surface area contributed by atoms with Crippen molar-refractivity contribution in [2.45, 2.75) is 38.1 Å². The van der Waals surface area contributed by atoms with Gasteiger partial charge in [-0.15, -0.1) is 0 Å². The van der Waals surface area contributed by atoms with Gasteiger partial charge < -0.3 is 4.57 Å². The third kappa shape index (κ3) is 2.47. The zero-order valence-electron chi connectivity index (χ0n) is 11.8. The molecule has 4 nitrogen and oxygen atoms in total. The molecule has 0 bridgehead atoms. The SMILES string of the molecule is Cc1nccn1-c1ccc(C2(N=C=O)CCCC2)cc1Br. The standard InChI is InChI=1S/C16H16BrN3O/c1-12-18-8-9-20(12)15-5-4-13(10-14(15)17)16(19-11-21)6-2-3-7-16/h4-5,8-10H,2-3,6-7H2,1H3. The van der Waals surface area contributed by atoms with E-state index in [0.717, 1.165) is 47.2 Å². The molecule has 1 aromatic carbocycles. The lowest BCUT2D eigenvalue weighted by molar-refractivity contribution is 0.455. The Morgan fingerprint density at radius 1 is 1.38 bits per heavy atom. The maximum Gasteiger partial charge on any atom is 0.235 e. The number of aliphatic imine (C=N–C) groups is 1. The Kier molecular flexibility index (Phi) is 3.79. The summed E-state index contributed by atoms with van der Waals surface area (Å²) >= 11 is 3.64. The number of nitrogens with zero attached hydrogens (tertiary/aromatic N) is 3. The van der Waals surface area contributed by atoms with E-state index in [1.54, 1.807) is 12.3 Å². The van der Waals surface area contributed by atoms with Gasteiger partial charge in [-0.2, -0.15) is 4.99 Å². The molecule has 0 aliphatic heterocycles. The van der Waals surface area contributed by atoms with Crippen LogP contribution in [0, 0.1) is 6.92 Å². The Hall–Kier alpha value is -1.71. The predicted molar refractivity (Wildman–Crippen MR) is 84.3 cm³/mol. The number of benzene rings is 1. The number of rotatable bonds is 3. The van der Waals surface area contributed by atoms with Crippen LogP contribution in [0.1, 0.15) is 37.1 Å². The van der Waals surface area contributed by atoms with Crippen LogP contribution in [-0.4, -0.2) is 15.6 Å². The first-order chi connectivity index (χ1) is 10.2. The number of hydrogen-bond acceptors (Lipinski definition) is 3. The number of imidazole rings is 1. The monoisotopic (exact) mass is 345 g/mol. The highest BCUT2D eigenvalue weighted by Crippen LogP contribution is 2.43. The van der Waals surface area contributed by atoms with Gasteiger partial charge in [0.15, 0.2) is 0 Å². The summed E-state index contributed by atoms with van der Waals surface area (Å²) in [7, 11) is 0. The van der Waals surface area contributed by atoms with E-state index < -0.39 is 0 Å². The minimum atomic E-state index is -0.382. The van der Waals surface area contributed by atoms with Crippen LogP contribution in [0.2, 0.25) is 0 Å². The number of halogens is 1. The minimum Gasteiger partial charge on any atom is -0.303 e. The summed E-state index contributed by atoms with van der Waals surface area (Å²) in [5.41, 5.74) is 1.74. The molecule has 0 radical (unpaired) electrons. The van der Waals surface area contributed by atoms with Gasteiger partial charge >= 0.3 is 0 Å². The smallest absolute Gasteiger partial charge is 0.235 e. The Morgan fingerprint density at radius 3 is 2.71 bits per heavy atom. The second-order valence-electron chi connectivity index (χ2n) is 5.45. The number of aryl methyl sites for hydroxylation is 1. The van der Waals surface area contributed by atoms with Gasteiger partial charge in [0.1, 0.15) is 5.82 Å². The van der Waals surface area contributed by atoms with Crippen LogP contribution in [0.4, 0.5) is 0 Å². The molecule has 0 unspecified atom stereocenters. The van der Waals surface area contributed by atoms with Crippen molar-refractivity contribution in [3.8, 4) is 5.69 Å². The van der Waals surface area contributed by atoms with Crippen molar-refractivity contribution in [1.82, 2.24) is 9.55 Å². The van der Waals surface area contributed by atoms with E-state index in [0.29, 0.717) is 0 Å². The molecule has 0 saturated heterocycles. The zero-order chi connectivity index (χ0) is 14.9. The van der Waals surface area contributed by atoms with E-state index in [-0.39, 0.29) is 5.54 Å². The molecule has 108 valence electrons. The largest absolute Gasteiger partial charge is 0.303 e. The normalized spacial score (nSPS) is 16.7. The third-order valence-electron chi connectivity index (χ3n) is 4.26. The maximum absolute atomic E-state index is 10.8. The summed E-state index contributed by atoms with van der Waals surface area (Å²) in [6.07, 6.45) is 9.52. The molecule has 2 aromatic rings. The van der Waals surface area contributed by atoms with Gasteiger partial charge in [-0.1, -0.05) is 18.9 Å². The molecule has 1 heterocycles. The fraction of sp³-hybridized carbons (Fsp3) is 0.375. The first-order valence-corrected chi connectivity index (χ1v) is 7.85. The van der Waals surface area contributed by atoms with E-state index in [1.807, 2.05) is 17.7 Å². The Labute approximate surface area is 132 Å². The second kappa shape index (κ2) is 5.58. The Bertz CT molecular complexity index is 710. The van der Waals surface area contributed by atoms with Crippen molar-refractivity contribution in [1.29, 1.82) is 0 Å². The summed E-state index contributed by atoms with van der Waals surface area (Å²) in [4.78, 5) is 19.2. The van der Waals surface area contributed by atoms with E-state index in [2.05, 4.69) is 44.1 Å². The van der Waals surface area contributed by atoms with Crippen LogP contribution in [0.25, 0.3) is 5.69 Å². The fourth-order valence-electron chi connectivity index (χ4n) is 3.14. The quantitative estimate of drug-likeness (QED) is 0.622. The molecule has 0 atom stereocenters. The van der Waals surface area contributed by atoms with E-state index in [1.165, 1.54) is 0 Å². The van der Waals surface area contributed by atoms with E-state index in [4.69, 9.17) is 0 Å². The highest BCUT2D eigenvalue weighted by molar-refractivity contribution is 9.10. The molecule has 21 heavy (non-hydrogen) atoms. The van der Waals surface area contributed by atoms with E-state index >= 15 is 0 Å². The van der Waals surface area contributed by atoms with Crippen LogP contribution in [0.15, 0.2) is 40.1 Å². The van der Waals surface area contributed by atoms with Crippen LogP contribution in [0.5, 0.6) is 0 Å². The molecule has 3 rings (SSSR count). The summed E-state index contributed by atoms with van der Waals surface area (Å²) < 4.78 is 3.01. The van der Waals surface area contributed by atoms with Gasteiger partial charge in [0.2, 0.25) is 6.08 Å². The zero-order valence-corrected chi connectivity index (χ0v) is 13.4. The van der Waals surface area contributed by atoms with Gasteiger partial charge in [0, 0.05) is 16.9 Å². The number of aromatic nitrogens is 2. The Balaban J connectivity index is 2.05. The molecule has 1 saturated carbocycles. The van der Waals surface area contributed by atoms with Crippen LogP contribution in [0.3, 0.4) is 0 Å². The van der Waals surface area contributed by atoms with Crippen LogP contribution >= 0.6 is 15.9 Å². The van der Waals surface area contributed by atoms with Crippen LogP contribution in [-0.2, 0) is 10.3 Å². The number of carbonyl (C=O) groups excluding carboxylic acids is 1. The van der Waals surface area contributed by atoms with Gasteiger partial charge in [-0.25, -0.2) is 9.78 Å². The van der Waals surface area contributed by atoms with Crippen molar-refractivity contribution in [2.75, 3.05) is 0 Å². The Morgan fingerprint density at radius 2 is 2.14 bits per heavy atom. The van der Waals surface area contributed by atoms with E-state index in [9.17, 15) is 4.79 Å². The average molecular weight is 346 g/mol. The lowest BCUT2D eigenvalue weighted by Gasteiger charge is -2.23. The molecule has 5 heteroatoms. The molecule has 1 aliphatic carbocycles. The van der Waals surface area contributed by atoms with Gasteiger partial charge in [0.25, 0.3) is 0 Å². The van der Waals surface area contributed by atoms with Crippen molar-refractivity contribution in [3.63, 3.8) is 0 Å². The number of isocyanates is 1. The summed E-state index contributed by atoms with van der Waals surface area (Å²) in [5.74, 6) is 0.935. The highest BCUT2D eigenvalue weighted by Gasteiger charge is 2.35. The molecular weight excluding hydrogens is 330 g/mol. The minimum absolute atomic E-state index is 0.382. The maximum atomic E-state index is 10.8. The van der Waals surface area contributed by atoms with Crippen molar-refractivity contribution in [2.24, 2.45) is 4.99 Å². The third-order valence-corrected chi connectivity index (χ3v) is 4.90. The number of hydrogen-bond donors (Lipinski definition) is 0. The fourth-order valence-corrected chi connectivity index (χ4v) is 3.71. The van der Waals surface area contributed by atoms with Gasteiger partial charge in [-0.05, 0) is 53.4 Å². The average Bonchev–Trinajstić information content (AvgIpc) is 3.09. The molecule has 0 amide bonds. The summed E-state index contributed by atoms with van der Waals surface area (Å²) in [6.45, 7) is 1.97. The van der Waals surface area contributed by atoms with Crippen molar-refractivity contribution >= 4 is 22.0 Å². The lowest BCUT2D eigenvalue weighted by Crippen LogP contribution is -2.19. The highest BCUT2D eigenvalue weighted by atomic mass is 79.9. The van der Waals surface area contributed by atoms with Crippen molar-refractivity contribution in [3.05, 3.63) is 46.5 Å². The molecule has 0 spiro atoms. The van der Waals surface area contributed by atoms with Gasteiger partial charge in [0.05, 0.1) is 11.2 Å². The molecule has 1 aliphatic rings. The summed E-state index contributed by atoms with van der Waals surface area (Å²) in [6, 6.07) is 6.18. The molecule has 1 aromatic heterocycles. The molecule has 1 fully saturated rings. The van der Waals surface area contributed by atoms with Crippen LogP contribution < -0.4 is 0 Å². The summed E-state index contributed by atoms with van der Waals surface area (Å²) in [5, 5.41) is 0. The first kappa shape index (κ1) is 14.2. The first-order valence-electron chi connectivity index (χ1n) is 7.06. The lowest BCUT2D eigenvalue weighted by atomic mass is 9.89. The second-order valence-corrected chi connectivity index (χ2v) is 6.31. The van der Waals surface area contributed by atoms with Gasteiger partial charge in [-0.3, -0.25) is 0 Å². The molecule has 0 N–H and O–H groups in total.